The second kappa shape index (κ2) is 16.8. The minimum Gasteiger partial charge on any atom is -0.480 e. The number of hydrogen-bond donors (Lipinski definition) is 8. The van der Waals surface area contributed by atoms with Crippen molar-refractivity contribution in [1.82, 2.24) is 16.0 Å². The van der Waals surface area contributed by atoms with E-state index >= 15 is 0 Å². The number of carbonyl (C=O) groups is 4. The fourth-order valence-corrected chi connectivity index (χ4v) is 3.31. The van der Waals surface area contributed by atoms with Gasteiger partial charge in [0.1, 0.15) is 18.6 Å². The van der Waals surface area contributed by atoms with Crippen LogP contribution in [0, 0.1) is 0 Å². The van der Waals surface area contributed by atoms with Gasteiger partial charge in [-0.2, -0.15) is 0 Å². The van der Waals surface area contributed by atoms with Crippen LogP contribution in [0.2, 0.25) is 0 Å². The number of guanidine groups is 1. The molecule has 1 rings (SSSR count). The molecule has 0 spiro atoms. The molecule has 0 fully saturated rings. The Morgan fingerprint density at radius 1 is 0.889 bits per heavy atom. The van der Waals surface area contributed by atoms with E-state index in [1.165, 1.54) is 0 Å². The molecular formula is C23H38N8O5. The molecular weight excluding hydrogens is 468 g/mol. The van der Waals surface area contributed by atoms with Crippen LogP contribution in [-0.4, -0.2) is 72.5 Å². The van der Waals surface area contributed by atoms with Gasteiger partial charge in [-0.3, -0.25) is 24.2 Å². The normalized spacial score (nSPS) is 13.1. The predicted molar refractivity (Wildman–Crippen MR) is 135 cm³/mol. The summed E-state index contributed by atoms with van der Waals surface area (Å²) in [6.45, 7) is 0.115. The minimum atomic E-state index is -1.22. The summed E-state index contributed by atoms with van der Waals surface area (Å²) in [4.78, 5) is 53.2. The van der Waals surface area contributed by atoms with Crippen molar-refractivity contribution in [3.63, 3.8) is 0 Å². The molecule has 0 aliphatic rings. The smallest absolute Gasteiger partial charge is 0.322 e. The average molecular weight is 507 g/mol. The van der Waals surface area contributed by atoms with Crippen molar-refractivity contribution in [1.29, 1.82) is 0 Å². The summed E-state index contributed by atoms with van der Waals surface area (Å²) in [7, 11) is 0. The van der Waals surface area contributed by atoms with Crippen LogP contribution in [0.15, 0.2) is 35.3 Å². The van der Waals surface area contributed by atoms with Gasteiger partial charge in [-0.15, -0.1) is 0 Å². The molecule has 200 valence electrons. The van der Waals surface area contributed by atoms with Crippen LogP contribution >= 0.6 is 0 Å². The third-order valence-corrected chi connectivity index (χ3v) is 5.21. The van der Waals surface area contributed by atoms with E-state index in [4.69, 9.17) is 28.0 Å². The number of hydrogen-bond acceptors (Lipinski definition) is 7. The maximum Gasteiger partial charge on any atom is 0.322 e. The highest BCUT2D eigenvalue weighted by Gasteiger charge is 2.28. The number of benzene rings is 1. The minimum absolute atomic E-state index is 0.0972. The van der Waals surface area contributed by atoms with Crippen molar-refractivity contribution in [2.24, 2.45) is 27.9 Å². The molecule has 0 heterocycles. The number of unbranched alkanes of at least 4 members (excludes halogenated alkanes) is 1. The van der Waals surface area contributed by atoms with E-state index in [1.807, 2.05) is 0 Å². The van der Waals surface area contributed by atoms with Gasteiger partial charge < -0.3 is 44.0 Å². The van der Waals surface area contributed by atoms with Gasteiger partial charge in [0.05, 0.1) is 6.04 Å². The molecule has 0 radical (unpaired) electrons. The van der Waals surface area contributed by atoms with Crippen LogP contribution < -0.4 is 38.9 Å². The van der Waals surface area contributed by atoms with Gasteiger partial charge in [-0.1, -0.05) is 36.8 Å². The van der Waals surface area contributed by atoms with Crippen LogP contribution in [0.5, 0.6) is 0 Å². The number of carboxylic acid groups (broad SMARTS) is 1. The van der Waals surface area contributed by atoms with E-state index in [0.717, 1.165) is 12.0 Å². The molecule has 0 bridgehead atoms. The number of carbonyl (C=O) groups excluding carboxylic acids is 3. The Morgan fingerprint density at radius 2 is 1.56 bits per heavy atom. The van der Waals surface area contributed by atoms with Crippen molar-refractivity contribution in [2.45, 2.75) is 56.7 Å². The SMILES string of the molecule is NCCCCC(N)C(=O)NC(CCCN=C(N)N)C(=O)NC(Cc1ccccc1)C(=O)NCC(=O)O. The van der Waals surface area contributed by atoms with Gasteiger partial charge in [0.2, 0.25) is 17.7 Å². The second-order valence-electron chi connectivity index (χ2n) is 8.26. The Labute approximate surface area is 210 Å². The molecule has 3 atom stereocenters. The monoisotopic (exact) mass is 506 g/mol. The zero-order valence-corrected chi connectivity index (χ0v) is 20.3. The molecule has 0 saturated heterocycles. The summed E-state index contributed by atoms with van der Waals surface area (Å²) < 4.78 is 0. The number of nitrogens with two attached hydrogens (primary N) is 4. The van der Waals surface area contributed by atoms with E-state index in [2.05, 4.69) is 20.9 Å². The Bertz CT molecular complexity index is 877. The Hall–Kier alpha value is -3.71. The van der Waals surface area contributed by atoms with E-state index in [1.54, 1.807) is 30.3 Å². The van der Waals surface area contributed by atoms with E-state index in [9.17, 15) is 19.2 Å². The van der Waals surface area contributed by atoms with Crippen molar-refractivity contribution in [3.05, 3.63) is 35.9 Å². The van der Waals surface area contributed by atoms with Crippen molar-refractivity contribution >= 4 is 29.7 Å². The second-order valence-corrected chi connectivity index (χ2v) is 8.26. The predicted octanol–water partition coefficient (Wildman–Crippen LogP) is -2.09. The molecule has 0 aliphatic carbocycles. The number of aliphatic carboxylic acids is 1. The molecule has 36 heavy (non-hydrogen) atoms. The third kappa shape index (κ3) is 12.7. The lowest BCUT2D eigenvalue weighted by atomic mass is 10.0. The Balaban J connectivity index is 2.98. The lowest BCUT2D eigenvalue weighted by Crippen LogP contribution is -2.56. The summed E-state index contributed by atoms with van der Waals surface area (Å²) in [5, 5.41) is 16.5. The molecule has 13 nitrogen and oxygen atoms in total. The number of amides is 3. The van der Waals surface area contributed by atoms with E-state index < -0.39 is 48.4 Å². The lowest BCUT2D eigenvalue weighted by molar-refractivity contribution is -0.138. The Kier molecular flexibility index (Phi) is 14.2. The van der Waals surface area contributed by atoms with Crippen molar-refractivity contribution in [3.8, 4) is 0 Å². The molecule has 0 aliphatic heterocycles. The zero-order valence-electron chi connectivity index (χ0n) is 20.3. The van der Waals surface area contributed by atoms with Gasteiger partial charge in [0.15, 0.2) is 5.96 Å². The first kappa shape index (κ1) is 30.3. The number of rotatable bonds is 17. The highest BCUT2D eigenvalue weighted by molar-refractivity contribution is 5.93. The zero-order chi connectivity index (χ0) is 26.9. The highest BCUT2D eigenvalue weighted by atomic mass is 16.4. The topological polar surface area (TPSA) is 241 Å². The van der Waals surface area contributed by atoms with Gasteiger partial charge in [-0.25, -0.2) is 0 Å². The van der Waals surface area contributed by atoms with Crippen molar-refractivity contribution in [2.75, 3.05) is 19.6 Å². The first-order valence-electron chi connectivity index (χ1n) is 11.8. The summed E-state index contributed by atoms with van der Waals surface area (Å²) in [5.41, 5.74) is 22.9. The largest absolute Gasteiger partial charge is 0.480 e. The molecule has 0 saturated carbocycles. The molecule has 3 unspecified atom stereocenters. The van der Waals surface area contributed by atoms with Crippen LogP contribution in [0.4, 0.5) is 0 Å². The number of nitrogens with zero attached hydrogens (tertiary/aromatic N) is 1. The van der Waals surface area contributed by atoms with Gasteiger partial charge in [0.25, 0.3) is 0 Å². The van der Waals surface area contributed by atoms with Crippen LogP contribution in [0.25, 0.3) is 0 Å². The maximum atomic E-state index is 13.2. The maximum absolute atomic E-state index is 13.2. The molecule has 1 aromatic carbocycles. The number of aliphatic imine (C=N–C) groups is 1. The summed E-state index contributed by atoms with van der Waals surface area (Å²) in [5.74, 6) is -3.11. The highest BCUT2D eigenvalue weighted by Crippen LogP contribution is 2.07. The first-order valence-corrected chi connectivity index (χ1v) is 11.8. The molecule has 0 aromatic heterocycles. The molecule has 12 N–H and O–H groups in total. The number of carboxylic acids is 1. The first-order chi connectivity index (χ1) is 17.1. The molecule has 13 heteroatoms. The lowest BCUT2D eigenvalue weighted by Gasteiger charge is -2.24. The van der Waals surface area contributed by atoms with E-state index in [0.29, 0.717) is 25.8 Å². The average Bonchev–Trinajstić information content (AvgIpc) is 2.84. The third-order valence-electron chi connectivity index (χ3n) is 5.21. The van der Waals surface area contributed by atoms with E-state index in [-0.39, 0.29) is 25.3 Å². The standard InChI is InChI=1S/C23H38N8O5/c24-11-5-4-9-16(25)20(34)30-17(10-6-12-28-23(26)27)22(36)31-18(21(35)29-14-19(32)33)13-15-7-2-1-3-8-15/h1-3,7-8,16-18H,4-6,9-14,24-25H2,(H,29,35)(H,30,34)(H,31,36)(H,32,33)(H4,26,27,28). The fourth-order valence-electron chi connectivity index (χ4n) is 3.31. The summed E-state index contributed by atoms with van der Waals surface area (Å²) in [6.07, 6.45) is 2.45. The van der Waals surface area contributed by atoms with Crippen LogP contribution in [0.3, 0.4) is 0 Å². The summed E-state index contributed by atoms with van der Waals surface area (Å²) >= 11 is 0. The van der Waals surface area contributed by atoms with Gasteiger partial charge in [-0.05, 0) is 37.8 Å². The fraction of sp³-hybridized carbons (Fsp3) is 0.522. The summed E-state index contributed by atoms with van der Waals surface area (Å²) in [6, 6.07) is 6.00. The van der Waals surface area contributed by atoms with Crippen molar-refractivity contribution < 1.29 is 24.3 Å². The quantitative estimate of drug-likeness (QED) is 0.0655. The Morgan fingerprint density at radius 3 is 2.17 bits per heavy atom. The van der Waals surface area contributed by atoms with Gasteiger partial charge in [0, 0.05) is 13.0 Å². The van der Waals surface area contributed by atoms with Gasteiger partial charge >= 0.3 is 5.97 Å². The molecule has 3 amide bonds. The molecule has 1 aromatic rings. The van der Waals surface area contributed by atoms with Crippen LogP contribution in [0.1, 0.15) is 37.7 Å². The van der Waals surface area contributed by atoms with Crippen LogP contribution in [-0.2, 0) is 25.6 Å². The number of nitrogens with one attached hydrogen (secondary N) is 3.